The van der Waals surface area contributed by atoms with Crippen LogP contribution in [0.25, 0.3) is 0 Å². The Balaban J connectivity index is 1.89. The van der Waals surface area contributed by atoms with E-state index in [2.05, 4.69) is 43.4 Å². The van der Waals surface area contributed by atoms with Gasteiger partial charge < -0.3 is 5.32 Å². The van der Waals surface area contributed by atoms with Crippen LogP contribution in [0, 0.1) is 13.8 Å². The van der Waals surface area contributed by atoms with Gasteiger partial charge in [-0.2, -0.15) is 0 Å². The average molecular weight is 295 g/mol. The minimum atomic E-state index is 0.0105. The first-order valence-corrected chi connectivity index (χ1v) is 7.91. The zero-order valence-electron chi connectivity index (χ0n) is 13.9. The van der Waals surface area contributed by atoms with Crippen LogP contribution in [0.15, 0.2) is 42.5 Å². The minimum absolute atomic E-state index is 0.0105. The van der Waals surface area contributed by atoms with E-state index >= 15 is 0 Å². The molecule has 2 aromatic rings. The molecule has 1 amide bonds. The molecule has 0 saturated heterocycles. The van der Waals surface area contributed by atoms with Gasteiger partial charge in [0.1, 0.15) is 0 Å². The van der Waals surface area contributed by atoms with Crippen molar-refractivity contribution in [3.8, 4) is 0 Å². The number of carbonyl (C=O) groups excluding carboxylic acids is 1. The van der Waals surface area contributed by atoms with Crippen LogP contribution in [0.4, 0.5) is 0 Å². The maximum absolute atomic E-state index is 12.2. The van der Waals surface area contributed by atoms with Crippen molar-refractivity contribution >= 4 is 5.91 Å². The van der Waals surface area contributed by atoms with Gasteiger partial charge in [0.05, 0.1) is 0 Å². The molecule has 0 saturated carbocycles. The van der Waals surface area contributed by atoms with E-state index in [9.17, 15) is 4.79 Å². The number of nitrogens with one attached hydrogen (secondary N) is 1. The molecule has 0 aliphatic heterocycles. The average Bonchev–Trinajstić information content (AvgIpc) is 2.47. The van der Waals surface area contributed by atoms with Crippen LogP contribution in [0.1, 0.15) is 52.4 Å². The number of carbonyl (C=O) groups is 1. The van der Waals surface area contributed by atoms with Crippen molar-refractivity contribution in [1.82, 2.24) is 5.32 Å². The summed E-state index contributed by atoms with van der Waals surface area (Å²) < 4.78 is 0. The third-order valence-electron chi connectivity index (χ3n) is 3.97. The predicted octanol–water partition coefficient (Wildman–Crippen LogP) is 4.40. The fourth-order valence-corrected chi connectivity index (χ4v) is 2.55. The molecule has 2 aromatic carbocycles. The van der Waals surface area contributed by atoms with Crippen LogP contribution in [0.3, 0.4) is 0 Å². The molecular formula is C20H25NO. The lowest BCUT2D eigenvalue weighted by Crippen LogP contribution is -2.26. The molecule has 116 valence electrons. The summed E-state index contributed by atoms with van der Waals surface area (Å²) in [6.45, 7) is 9.06. The van der Waals surface area contributed by atoms with E-state index in [1.54, 1.807) is 0 Å². The van der Waals surface area contributed by atoms with Gasteiger partial charge in [0.15, 0.2) is 0 Å². The number of benzene rings is 2. The van der Waals surface area contributed by atoms with Crippen LogP contribution in [0.5, 0.6) is 0 Å². The zero-order valence-corrected chi connectivity index (χ0v) is 13.9. The van der Waals surface area contributed by atoms with Crippen LogP contribution in [-0.4, -0.2) is 12.5 Å². The molecule has 0 radical (unpaired) electrons. The van der Waals surface area contributed by atoms with E-state index in [-0.39, 0.29) is 5.91 Å². The molecule has 0 heterocycles. The smallest absolute Gasteiger partial charge is 0.251 e. The van der Waals surface area contributed by atoms with Gasteiger partial charge in [-0.05, 0) is 48.9 Å². The van der Waals surface area contributed by atoms with Crippen molar-refractivity contribution in [3.63, 3.8) is 0 Å². The Bertz CT molecular complexity index is 641. The van der Waals surface area contributed by atoms with Crippen molar-refractivity contribution in [2.45, 2.75) is 40.0 Å². The van der Waals surface area contributed by atoms with Crippen LogP contribution < -0.4 is 5.32 Å². The van der Waals surface area contributed by atoms with Gasteiger partial charge >= 0.3 is 0 Å². The van der Waals surface area contributed by atoms with Crippen LogP contribution >= 0.6 is 0 Å². The molecule has 2 nitrogen and oxygen atoms in total. The summed E-state index contributed by atoms with van der Waals surface area (Å²) in [6.07, 6.45) is 0.856. The van der Waals surface area contributed by atoms with Crippen molar-refractivity contribution in [2.24, 2.45) is 0 Å². The van der Waals surface area contributed by atoms with Crippen LogP contribution in [0.2, 0.25) is 0 Å². The number of hydrogen-bond acceptors (Lipinski definition) is 1. The summed E-state index contributed by atoms with van der Waals surface area (Å²) in [4.78, 5) is 12.2. The second-order valence-corrected chi connectivity index (χ2v) is 6.22. The summed E-state index contributed by atoms with van der Waals surface area (Å²) in [5, 5.41) is 3.01. The van der Waals surface area contributed by atoms with Gasteiger partial charge in [0, 0.05) is 12.1 Å². The maximum Gasteiger partial charge on any atom is 0.251 e. The molecular weight excluding hydrogens is 270 g/mol. The Hall–Kier alpha value is -2.09. The summed E-state index contributed by atoms with van der Waals surface area (Å²) in [6, 6.07) is 14.6. The van der Waals surface area contributed by atoms with Crippen molar-refractivity contribution in [1.29, 1.82) is 0 Å². The highest BCUT2D eigenvalue weighted by Crippen LogP contribution is 2.15. The predicted molar refractivity (Wildman–Crippen MR) is 92.5 cm³/mol. The number of rotatable bonds is 5. The highest BCUT2D eigenvalue weighted by molar-refractivity contribution is 5.95. The summed E-state index contributed by atoms with van der Waals surface area (Å²) in [5.41, 5.74) is 5.58. The van der Waals surface area contributed by atoms with Crippen molar-refractivity contribution < 1.29 is 4.79 Å². The first kappa shape index (κ1) is 16.3. The van der Waals surface area contributed by atoms with Gasteiger partial charge in [-0.1, -0.05) is 55.8 Å². The molecule has 2 heteroatoms. The SMILES string of the molecule is Cc1ccc(C(=O)NCCc2ccc(C(C)C)cc2)c(C)c1. The molecule has 2 rings (SSSR count). The molecule has 0 bridgehead atoms. The van der Waals surface area contributed by atoms with Crippen molar-refractivity contribution in [3.05, 3.63) is 70.3 Å². The van der Waals surface area contributed by atoms with Crippen LogP contribution in [-0.2, 0) is 6.42 Å². The molecule has 22 heavy (non-hydrogen) atoms. The second-order valence-electron chi connectivity index (χ2n) is 6.22. The first-order valence-electron chi connectivity index (χ1n) is 7.91. The molecule has 1 N–H and O–H groups in total. The van der Waals surface area contributed by atoms with E-state index in [4.69, 9.17) is 0 Å². The summed E-state index contributed by atoms with van der Waals surface area (Å²) in [5.74, 6) is 0.564. The third-order valence-corrected chi connectivity index (χ3v) is 3.97. The normalized spacial score (nSPS) is 10.8. The van der Waals surface area contributed by atoms with E-state index in [1.165, 1.54) is 16.7 Å². The quantitative estimate of drug-likeness (QED) is 0.870. The topological polar surface area (TPSA) is 29.1 Å². The first-order chi connectivity index (χ1) is 10.5. The number of aryl methyl sites for hydroxylation is 2. The Labute approximate surface area is 133 Å². The van der Waals surface area contributed by atoms with Gasteiger partial charge in [-0.3, -0.25) is 4.79 Å². The standard InChI is InChI=1S/C20H25NO/c1-14(2)18-8-6-17(7-9-18)11-12-21-20(22)19-10-5-15(3)13-16(19)4/h5-10,13-14H,11-12H2,1-4H3,(H,21,22). The van der Waals surface area contributed by atoms with Gasteiger partial charge in [0.25, 0.3) is 5.91 Å². The Morgan fingerprint density at radius 3 is 2.32 bits per heavy atom. The van der Waals surface area contributed by atoms with E-state index in [0.717, 1.165) is 17.5 Å². The fourth-order valence-electron chi connectivity index (χ4n) is 2.55. The Morgan fingerprint density at radius 2 is 1.73 bits per heavy atom. The lowest BCUT2D eigenvalue weighted by Gasteiger charge is -2.09. The molecule has 0 aliphatic rings. The van der Waals surface area contributed by atoms with Crippen molar-refractivity contribution in [2.75, 3.05) is 6.54 Å². The number of hydrogen-bond donors (Lipinski definition) is 1. The highest BCUT2D eigenvalue weighted by atomic mass is 16.1. The van der Waals surface area contributed by atoms with E-state index in [0.29, 0.717) is 12.5 Å². The fraction of sp³-hybridized carbons (Fsp3) is 0.350. The van der Waals surface area contributed by atoms with Gasteiger partial charge in [-0.15, -0.1) is 0 Å². The van der Waals surface area contributed by atoms with E-state index in [1.807, 2.05) is 32.0 Å². The maximum atomic E-state index is 12.2. The van der Waals surface area contributed by atoms with Gasteiger partial charge in [0.2, 0.25) is 0 Å². The Kier molecular flexibility index (Phi) is 5.37. The van der Waals surface area contributed by atoms with Gasteiger partial charge in [-0.25, -0.2) is 0 Å². The zero-order chi connectivity index (χ0) is 16.1. The molecule has 0 atom stereocenters. The van der Waals surface area contributed by atoms with E-state index < -0.39 is 0 Å². The largest absolute Gasteiger partial charge is 0.352 e. The third kappa shape index (κ3) is 4.20. The summed E-state index contributed by atoms with van der Waals surface area (Å²) >= 11 is 0. The molecule has 0 aromatic heterocycles. The molecule has 0 fully saturated rings. The highest BCUT2D eigenvalue weighted by Gasteiger charge is 2.08. The Morgan fingerprint density at radius 1 is 1.05 bits per heavy atom. The lowest BCUT2D eigenvalue weighted by atomic mass is 10.0. The number of amides is 1. The second kappa shape index (κ2) is 7.26. The molecule has 0 unspecified atom stereocenters. The molecule has 0 aliphatic carbocycles. The summed E-state index contributed by atoms with van der Waals surface area (Å²) in [7, 11) is 0. The molecule has 0 spiro atoms. The lowest BCUT2D eigenvalue weighted by molar-refractivity contribution is 0.0953. The minimum Gasteiger partial charge on any atom is -0.352 e. The monoisotopic (exact) mass is 295 g/mol.